The molecule has 0 bridgehead atoms. The summed E-state index contributed by atoms with van der Waals surface area (Å²) in [6.07, 6.45) is 0.734. The minimum absolute atomic E-state index is 0.118. The quantitative estimate of drug-likeness (QED) is 0.308. The van der Waals surface area contributed by atoms with Gasteiger partial charge in [0.1, 0.15) is 0 Å². The molecule has 0 saturated carbocycles. The van der Waals surface area contributed by atoms with Crippen LogP contribution in [0.5, 0.6) is 0 Å². The summed E-state index contributed by atoms with van der Waals surface area (Å²) < 4.78 is 0. The van der Waals surface area contributed by atoms with Gasteiger partial charge in [0.05, 0.1) is 0 Å². The number of anilines is 1. The number of aliphatic hydroxyl groups excluding tert-OH is 1. The fourth-order valence-corrected chi connectivity index (χ4v) is 1.66. The molecule has 0 unspecified atom stereocenters. The van der Waals surface area contributed by atoms with Crippen LogP contribution in [0.3, 0.4) is 0 Å². The Bertz CT molecular complexity index is 405. The van der Waals surface area contributed by atoms with Crippen LogP contribution < -0.4 is 10.6 Å². The molecule has 5 nitrogen and oxygen atoms in total. The van der Waals surface area contributed by atoms with E-state index in [0.29, 0.717) is 0 Å². The van der Waals surface area contributed by atoms with Gasteiger partial charge in [0.25, 0.3) is 0 Å². The molecule has 0 spiro atoms. The van der Waals surface area contributed by atoms with Crippen LogP contribution in [0.15, 0.2) is 23.4 Å². The third-order valence-corrected chi connectivity index (χ3v) is 2.69. The Morgan fingerprint density at radius 2 is 2.18 bits per heavy atom. The van der Waals surface area contributed by atoms with E-state index < -0.39 is 0 Å². The second kappa shape index (κ2) is 6.10. The second-order valence-corrected chi connectivity index (χ2v) is 3.98. The lowest BCUT2D eigenvalue weighted by Gasteiger charge is -2.20. The molecule has 94 valence electrons. The first kappa shape index (κ1) is 13.3. The van der Waals surface area contributed by atoms with Gasteiger partial charge in [-0.25, -0.2) is 0 Å². The highest BCUT2D eigenvalue weighted by Gasteiger charge is 2.06. The standard InChI is InChI=1S/C12H19N3O2/c1-9-8-10(15(2)6-3-7-16)4-5-11(9)12(13)14-17/h4-5,8,16-17H,3,6-7H2,1-2H3,(H2,13,14). The Hall–Kier alpha value is -1.75. The van der Waals surface area contributed by atoms with Gasteiger partial charge in [-0.3, -0.25) is 0 Å². The molecule has 0 fully saturated rings. The zero-order valence-electron chi connectivity index (χ0n) is 10.2. The lowest BCUT2D eigenvalue weighted by Crippen LogP contribution is -2.20. The normalized spacial score (nSPS) is 11.6. The summed E-state index contributed by atoms with van der Waals surface area (Å²) in [5.41, 5.74) is 8.28. The summed E-state index contributed by atoms with van der Waals surface area (Å²) in [7, 11) is 1.97. The van der Waals surface area contributed by atoms with E-state index in [1.807, 2.05) is 32.2 Å². The van der Waals surface area contributed by atoms with E-state index in [4.69, 9.17) is 16.0 Å². The SMILES string of the molecule is Cc1cc(N(C)CCCO)ccc1/C(N)=N/O. The highest BCUT2D eigenvalue weighted by Crippen LogP contribution is 2.18. The van der Waals surface area contributed by atoms with E-state index in [1.165, 1.54) is 0 Å². The fraction of sp³-hybridized carbons (Fsp3) is 0.417. The van der Waals surface area contributed by atoms with Crippen LogP contribution >= 0.6 is 0 Å². The van der Waals surface area contributed by atoms with Gasteiger partial charge in [-0.2, -0.15) is 0 Å². The number of amidine groups is 1. The molecule has 1 rings (SSSR count). The lowest BCUT2D eigenvalue weighted by molar-refractivity contribution is 0.290. The number of nitrogens with zero attached hydrogens (tertiary/aromatic N) is 2. The summed E-state index contributed by atoms with van der Waals surface area (Å²) in [4.78, 5) is 2.05. The molecule has 0 aliphatic heterocycles. The Balaban J connectivity index is 2.88. The molecule has 1 aromatic carbocycles. The second-order valence-electron chi connectivity index (χ2n) is 3.98. The van der Waals surface area contributed by atoms with Gasteiger partial charge in [-0.15, -0.1) is 0 Å². The Kier molecular flexibility index (Phi) is 4.78. The molecule has 4 N–H and O–H groups in total. The largest absolute Gasteiger partial charge is 0.409 e. The molecular formula is C12H19N3O2. The molecule has 0 atom stereocenters. The van der Waals surface area contributed by atoms with Crippen molar-refractivity contribution in [3.05, 3.63) is 29.3 Å². The predicted molar refractivity (Wildman–Crippen MR) is 68.7 cm³/mol. The molecule has 0 aromatic heterocycles. The maximum absolute atomic E-state index is 8.78. The molecule has 1 aromatic rings. The zero-order valence-corrected chi connectivity index (χ0v) is 10.2. The molecule has 0 radical (unpaired) electrons. The minimum Gasteiger partial charge on any atom is -0.409 e. The van der Waals surface area contributed by atoms with Crippen LogP contribution in [0.1, 0.15) is 17.5 Å². The van der Waals surface area contributed by atoms with Gasteiger partial charge in [-0.05, 0) is 37.1 Å². The zero-order chi connectivity index (χ0) is 12.8. The van der Waals surface area contributed by atoms with Crippen LogP contribution in [-0.4, -0.2) is 36.3 Å². The van der Waals surface area contributed by atoms with Crippen molar-refractivity contribution in [1.82, 2.24) is 0 Å². The van der Waals surface area contributed by atoms with Crippen LogP contribution in [0.25, 0.3) is 0 Å². The van der Waals surface area contributed by atoms with Crippen molar-refractivity contribution in [2.24, 2.45) is 10.9 Å². The van der Waals surface area contributed by atoms with Crippen LogP contribution in [0.4, 0.5) is 5.69 Å². The molecule has 17 heavy (non-hydrogen) atoms. The molecule has 0 heterocycles. The number of rotatable bonds is 5. The van der Waals surface area contributed by atoms with E-state index >= 15 is 0 Å². The summed E-state index contributed by atoms with van der Waals surface area (Å²) in [6, 6.07) is 5.72. The maximum Gasteiger partial charge on any atom is 0.170 e. The van der Waals surface area contributed by atoms with Gasteiger partial charge in [-0.1, -0.05) is 5.16 Å². The first-order chi connectivity index (χ1) is 8.10. The van der Waals surface area contributed by atoms with Crippen LogP contribution in [0.2, 0.25) is 0 Å². The van der Waals surface area contributed by atoms with Gasteiger partial charge < -0.3 is 20.9 Å². The predicted octanol–water partition coefficient (Wildman–Crippen LogP) is 0.908. The molecule has 5 heteroatoms. The van der Waals surface area contributed by atoms with Gasteiger partial charge >= 0.3 is 0 Å². The Morgan fingerprint density at radius 3 is 2.71 bits per heavy atom. The van der Waals surface area contributed by atoms with Crippen molar-refractivity contribution in [2.45, 2.75) is 13.3 Å². The topological polar surface area (TPSA) is 82.1 Å². The molecule has 0 aliphatic carbocycles. The number of hydrogen-bond donors (Lipinski definition) is 3. The molecule has 0 saturated heterocycles. The fourth-order valence-electron chi connectivity index (χ4n) is 1.66. The van der Waals surface area contributed by atoms with Crippen molar-refractivity contribution in [2.75, 3.05) is 25.1 Å². The van der Waals surface area contributed by atoms with Crippen LogP contribution in [0, 0.1) is 6.92 Å². The number of benzene rings is 1. The average molecular weight is 237 g/mol. The van der Waals surface area contributed by atoms with Gasteiger partial charge in [0.15, 0.2) is 5.84 Å². The number of nitrogens with two attached hydrogens (primary N) is 1. The first-order valence-corrected chi connectivity index (χ1v) is 5.50. The maximum atomic E-state index is 8.78. The smallest absolute Gasteiger partial charge is 0.170 e. The van der Waals surface area contributed by atoms with Gasteiger partial charge in [0, 0.05) is 31.5 Å². The summed E-state index contributed by atoms with van der Waals surface area (Å²) in [6.45, 7) is 2.89. The van der Waals surface area contributed by atoms with E-state index in [-0.39, 0.29) is 12.4 Å². The Morgan fingerprint density at radius 1 is 1.47 bits per heavy atom. The average Bonchev–Trinajstić information content (AvgIpc) is 2.34. The number of aliphatic hydroxyl groups is 1. The third kappa shape index (κ3) is 3.35. The van der Waals surface area contributed by atoms with Crippen molar-refractivity contribution >= 4 is 11.5 Å². The third-order valence-electron chi connectivity index (χ3n) is 2.69. The van der Waals surface area contributed by atoms with Gasteiger partial charge in [0.2, 0.25) is 0 Å². The number of oxime groups is 1. The van der Waals surface area contributed by atoms with E-state index in [2.05, 4.69) is 10.1 Å². The monoisotopic (exact) mass is 237 g/mol. The van der Waals surface area contributed by atoms with E-state index in [0.717, 1.165) is 29.8 Å². The number of hydrogen-bond acceptors (Lipinski definition) is 4. The van der Waals surface area contributed by atoms with E-state index in [1.54, 1.807) is 0 Å². The highest BCUT2D eigenvalue weighted by molar-refractivity contribution is 5.98. The van der Waals surface area contributed by atoms with Crippen molar-refractivity contribution < 1.29 is 10.3 Å². The molecular weight excluding hydrogens is 218 g/mol. The van der Waals surface area contributed by atoms with Crippen molar-refractivity contribution in [1.29, 1.82) is 0 Å². The van der Waals surface area contributed by atoms with E-state index in [9.17, 15) is 0 Å². The molecule has 0 amide bonds. The summed E-state index contributed by atoms with van der Waals surface area (Å²) in [5.74, 6) is 0.118. The Labute approximate surface area is 101 Å². The van der Waals surface area contributed by atoms with Crippen molar-refractivity contribution in [3.63, 3.8) is 0 Å². The first-order valence-electron chi connectivity index (χ1n) is 5.50. The highest BCUT2D eigenvalue weighted by atomic mass is 16.4. The van der Waals surface area contributed by atoms with Crippen molar-refractivity contribution in [3.8, 4) is 0 Å². The van der Waals surface area contributed by atoms with Crippen LogP contribution in [-0.2, 0) is 0 Å². The summed E-state index contributed by atoms with van der Waals surface area (Å²) in [5, 5.41) is 20.4. The number of aryl methyl sites for hydroxylation is 1. The lowest BCUT2D eigenvalue weighted by atomic mass is 10.1. The minimum atomic E-state index is 0.118. The summed E-state index contributed by atoms with van der Waals surface area (Å²) >= 11 is 0. The molecule has 0 aliphatic rings.